The van der Waals surface area contributed by atoms with Crippen molar-refractivity contribution in [2.75, 3.05) is 19.6 Å². The maximum atomic E-state index is 11.6. The van der Waals surface area contributed by atoms with Gasteiger partial charge in [0, 0.05) is 19.6 Å². The number of aromatic nitrogens is 3. The molecule has 0 bridgehead atoms. The van der Waals surface area contributed by atoms with Gasteiger partial charge in [-0.05, 0) is 45.4 Å². The average molecular weight is 515 g/mol. The van der Waals surface area contributed by atoms with Gasteiger partial charge >= 0.3 is 6.09 Å². The fraction of sp³-hybridized carbons (Fsp3) is 0.474. The number of aliphatic imine (C=N–C) groups is 1. The fourth-order valence-corrected chi connectivity index (χ4v) is 2.27. The van der Waals surface area contributed by atoms with Gasteiger partial charge in [0.05, 0.1) is 12.2 Å². The van der Waals surface area contributed by atoms with E-state index in [2.05, 4.69) is 31.0 Å². The zero-order valence-corrected chi connectivity index (χ0v) is 19.6. The molecule has 0 spiro atoms. The van der Waals surface area contributed by atoms with Crippen molar-refractivity contribution in [3.63, 3.8) is 0 Å². The van der Waals surface area contributed by atoms with Gasteiger partial charge in [-0.2, -0.15) is 5.10 Å². The first kappa shape index (κ1) is 24.7. The van der Waals surface area contributed by atoms with Crippen LogP contribution in [0.4, 0.5) is 4.79 Å². The molecule has 3 N–H and O–H groups in total. The first-order chi connectivity index (χ1) is 13.4. The quantitative estimate of drug-likeness (QED) is 0.227. The van der Waals surface area contributed by atoms with Crippen LogP contribution in [0.3, 0.4) is 0 Å². The molecule has 2 aromatic rings. The molecule has 0 unspecified atom stereocenters. The summed E-state index contributed by atoms with van der Waals surface area (Å²) in [6, 6.07) is 7.97. The highest BCUT2D eigenvalue weighted by Crippen LogP contribution is 2.09. The van der Waals surface area contributed by atoms with E-state index in [0.29, 0.717) is 25.6 Å². The van der Waals surface area contributed by atoms with Crippen LogP contribution < -0.4 is 16.0 Å². The number of benzene rings is 1. The Kier molecular flexibility index (Phi) is 10.4. The zero-order valence-electron chi connectivity index (χ0n) is 17.3. The third-order valence-electron chi connectivity index (χ3n) is 3.47. The molecule has 1 amide bonds. The van der Waals surface area contributed by atoms with E-state index in [1.165, 1.54) is 6.33 Å². The molecule has 0 aliphatic heterocycles. The lowest BCUT2D eigenvalue weighted by Crippen LogP contribution is -2.42. The van der Waals surface area contributed by atoms with Gasteiger partial charge in [0.1, 0.15) is 18.3 Å². The van der Waals surface area contributed by atoms with Crippen molar-refractivity contribution in [3.8, 4) is 5.69 Å². The van der Waals surface area contributed by atoms with Crippen molar-refractivity contribution >= 4 is 36.0 Å². The van der Waals surface area contributed by atoms with E-state index in [1.807, 2.05) is 52.0 Å². The summed E-state index contributed by atoms with van der Waals surface area (Å²) < 4.78 is 6.90. The molecule has 0 fully saturated rings. The number of amides is 1. The molecule has 1 aromatic carbocycles. The number of alkyl carbamates (subject to hydrolysis) is 1. The number of nitrogens with zero attached hydrogens (tertiary/aromatic N) is 4. The minimum atomic E-state index is -0.503. The molecule has 0 atom stereocenters. The molecule has 9 nitrogen and oxygen atoms in total. The highest BCUT2D eigenvalue weighted by atomic mass is 127. The minimum absolute atomic E-state index is 0. The molecule has 0 radical (unpaired) electrons. The average Bonchev–Trinajstić information content (AvgIpc) is 3.17. The van der Waals surface area contributed by atoms with Gasteiger partial charge in [0.25, 0.3) is 0 Å². The summed E-state index contributed by atoms with van der Waals surface area (Å²) in [6.45, 7) is 9.76. The predicted octanol–water partition coefficient (Wildman–Crippen LogP) is 2.47. The van der Waals surface area contributed by atoms with Crippen LogP contribution in [0.1, 0.15) is 33.3 Å². The molecule has 160 valence electrons. The van der Waals surface area contributed by atoms with E-state index in [-0.39, 0.29) is 24.0 Å². The number of hydrogen-bond donors (Lipinski definition) is 3. The minimum Gasteiger partial charge on any atom is -0.444 e. The van der Waals surface area contributed by atoms with Crippen molar-refractivity contribution in [2.45, 2.75) is 39.8 Å². The highest BCUT2D eigenvalue weighted by molar-refractivity contribution is 14.0. The van der Waals surface area contributed by atoms with E-state index in [0.717, 1.165) is 17.8 Å². The molecule has 0 aliphatic carbocycles. The number of nitrogens with one attached hydrogen (secondary N) is 3. The Morgan fingerprint density at radius 2 is 1.83 bits per heavy atom. The molecular formula is C19H30IN7O2. The van der Waals surface area contributed by atoms with E-state index in [4.69, 9.17) is 4.74 Å². The molecule has 10 heteroatoms. The standard InChI is InChI=1S/C19H29N7O2.HI/c1-5-21-17(22-10-11-23-18(27)28-19(2,3)4)24-12-15-6-8-16(9-7-15)26-14-20-13-25-26;/h6-9,13-14H,5,10-12H2,1-4H3,(H,23,27)(H2,21,22,24);1H. The summed E-state index contributed by atoms with van der Waals surface area (Å²) in [5, 5.41) is 13.2. The fourth-order valence-electron chi connectivity index (χ4n) is 2.27. The topological polar surface area (TPSA) is 105 Å². The second kappa shape index (κ2) is 12.2. The number of halogens is 1. The number of carbonyl (C=O) groups excluding carboxylic acids is 1. The summed E-state index contributed by atoms with van der Waals surface area (Å²) >= 11 is 0. The molecule has 1 heterocycles. The Bertz CT molecular complexity index is 756. The normalized spacial score (nSPS) is 11.4. The maximum Gasteiger partial charge on any atom is 0.407 e. The van der Waals surface area contributed by atoms with E-state index in [1.54, 1.807) is 11.0 Å². The van der Waals surface area contributed by atoms with E-state index in [9.17, 15) is 4.79 Å². The number of ether oxygens (including phenoxy) is 1. The lowest BCUT2D eigenvalue weighted by Gasteiger charge is -2.19. The molecular weight excluding hydrogens is 485 g/mol. The van der Waals surface area contributed by atoms with Gasteiger partial charge in [-0.1, -0.05) is 12.1 Å². The van der Waals surface area contributed by atoms with Crippen LogP contribution in [0.5, 0.6) is 0 Å². The molecule has 2 rings (SSSR count). The summed E-state index contributed by atoms with van der Waals surface area (Å²) in [7, 11) is 0. The first-order valence-electron chi connectivity index (χ1n) is 9.30. The molecule has 1 aromatic heterocycles. The Labute approximate surface area is 188 Å². The summed E-state index contributed by atoms with van der Waals surface area (Å²) in [5.41, 5.74) is 1.52. The molecule has 0 saturated heterocycles. The van der Waals surface area contributed by atoms with Crippen molar-refractivity contribution in [1.82, 2.24) is 30.7 Å². The van der Waals surface area contributed by atoms with E-state index >= 15 is 0 Å². The Morgan fingerprint density at radius 1 is 1.14 bits per heavy atom. The van der Waals surface area contributed by atoms with Gasteiger partial charge < -0.3 is 20.7 Å². The van der Waals surface area contributed by atoms with Crippen LogP contribution in [-0.2, 0) is 11.3 Å². The Hall–Kier alpha value is -2.37. The maximum absolute atomic E-state index is 11.6. The number of hydrogen-bond acceptors (Lipinski definition) is 5. The highest BCUT2D eigenvalue weighted by Gasteiger charge is 2.15. The number of guanidine groups is 1. The van der Waals surface area contributed by atoms with Crippen LogP contribution in [-0.4, -0.2) is 52.1 Å². The van der Waals surface area contributed by atoms with Crippen LogP contribution in [0, 0.1) is 0 Å². The van der Waals surface area contributed by atoms with Crippen molar-refractivity contribution in [1.29, 1.82) is 0 Å². The summed E-state index contributed by atoms with van der Waals surface area (Å²) in [4.78, 5) is 20.1. The summed E-state index contributed by atoms with van der Waals surface area (Å²) in [5.74, 6) is 0.689. The van der Waals surface area contributed by atoms with Gasteiger partial charge in [0.15, 0.2) is 5.96 Å². The van der Waals surface area contributed by atoms with Crippen LogP contribution in [0.2, 0.25) is 0 Å². The number of rotatable bonds is 7. The van der Waals surface area contributed by atoms with Crippen LogP contribution in [0.25, 0.3) is 5.69 Å². The monoisotopic (exact) mass is 515 g/mol. The lowest BCUT2D eigenvalue weighted by molar-refractivity contribution is 0.0529. The van der Waals surface area contributed by atoms with Gasteiger partial charge in [-0.15, -0.1) is 24.0 Å². The Balaban J connectivity index is 0.00000420. The molecule has 0 saturated carbocycles. The van der Waals surface area contributed by atoms with Crippen molar-refractivity contribution in [2.24, 2.45) is 4.99 Å². The third kappa shape index (κ3) is 9.59. The molecule has 29 heavy (non-hydrogen) atoms. The first-order valence-corrected chi connectivity index (χ1v) is 9.30. The largest absolute Gasteiger partial charge is 0.444 e. The summed E-state index contributed by atoms with van der Waals surface area (Å²) in [6.07, 6.45) is 2.74. The predicted molar refractivity (Wildman–Crippen MR) is 124 cm³/mol. The SMILES string of the molecule is CCNC(=NCc1ccc(-n2cncn2)cc1)NCCNC(=O)OC(C)(C)C.I. The van der Waals surface area contributed by atoms with Crippen molar-refractivity contribution < 1.29 is 9.53 Å². The second-order valence-electron chi connectivity index (χ2n) is 7.06. The van der Waals surface area contributed by atoms with Crippen LogP contribution in [0.15, 0.2) is 41.9 Å². The Morgan fingerprint density at radius 3 is 2.41 bits per heavy atom. The smallest absolute Gasteiger partial charge is 0.407 e. The number of carbonyl (C=O) groups is 1. The van der Waals surface area contributed by atoms with Gasteiger partial charge in [0.2, 0.25) is 0 Å². The third-order valence-corrected chi connectivity index (χ3v) is 3.47. The molecule has 0 aliphatic rings. The van der Waals surface area contributed by atoms with Crippen LogP contribution >= 0.6 is 24.0 Å². The second-order valence-corrected chi connectivity index (χ2v) is 7.06. The van der Waals surface area contributed by atoms with Gasteiger partial charge in [-0.25, -0.2) is 19.5 Å². The lowest BCUT2D eigenvalue weighted by atomic mass is 10.2. The van der Waals surface area contributed by atoms with Crippen molar-refractivity contribution in [3.05, 3.63) is 42.5 Å². The van der Waals surface area contributed by atoms with E-state index < -0.39 is 11.7 Å². The zero-order chi connectivity index (χ0) is 20.4. The van der Waals surface area contributed by atoms with Gasteiger partial charge in [-0.3, -0.25) is 0 Å².